The van der Waals surface area contributed by atoms with Gasteiger partial charge in [0, 0.05) is 0 Å². The predicted molar refractivity (Wildman–Crippen MR) is 58.4 cm³/mol. The van der Waals surface area contributed by atoms with Crippen molar-refractivity contribution in [3.63, 3.8) is 0 Å². The van der Waals surface area contributed by atoms with Gasteiger partial charge in [0.05, 0.1) is 17.2 Å². The molecule has 0 radical (unpaired) electrons. The van der Waals surface area contributed by atoms with Crippen molar-refractivity contribution in [3.05, 3.63) is 40.3 Å². The Morgan fingerprint density at radius 3 is 2.71 bits per heavy atom. The third-order valence-electron chi connectivity index (χ3n) is 1.73. The molecule has 1 aromatic heterocycles. The van der Waals surface area contributed by atoms with Gasteiger partial charge in [-0.05, 0) is 24.6 Å². The molecule has 3 nitrogen and oxygen atoms in total. The molecule has 2 aromatic rings. The standard InChI is InChI=1S/C9H8N2O.C2H6/c1-6-2-3-7-8(4-6)10-5-9(12)11-7;1-2/h2-5H,1H3,(H,11,12);1-2H3. The molecule has 0 saturated heterocycles. The number of benzene rings is 1. The molecule has 0 spiro atoms. The molecule has 0 unspecified atom stereocenters. The molecule has 0 aliphatic rings. The van der Waals surface area contributed by atoms with E-state index < -0.39 is 0 Å². The summed E-state index contributed by atoms with van der Waals surface area (Å²) in [6.45, 7) is 5.99. The van der Waals surface area contributed by atoms with Crippen LogP contribution in [0.1, 0.15) is 19.4 Å². The minimum Gasteiger partial charge on any atom is -0.319 e. The normalized spacial score (nSPS) is 9.36. The molecule has 1 aromatic carbocycles. The number of H-pyrrole nitrogens is 1. The van der Waals surface area contributed by atoms with Crippen LogP contribution in [0.25, 0.3) is 11.0 Å². The first-order chi connectivity index (χ1) is 6.75. The Bertz CT molecular complexity index is 474. The second-order valence-electron chi connectivity index (χ2n) is 2.77. The number of nitrogens with one attached hydrogen (secondary N) is 1. The molecule has 1 heterocycles. The van der Waals surface area contributed by atoms with Crippen molar-refractivity contribution in [1.82, 2.24) is 9.97 Å². The van der Waals surface area contributed by atoms with Crippen molar-refractivity contribution in [2.24, 2.45) is 0 Å². The SMILES string of the molecule is CC.Cc1ccc2[nH]c(=O)cnc2c1. The summed E-state index contributed by atoms with van der Waals surface area (Å²) in [6.07, 6.45) is 1.29. The van der Waals surface area contributed by atoms with Crippen LogP contribution in [0.4, 0.5) is 0 Å². The molecule has 14 heavy (non-hydrogen) atoms. The van der Waals surface area contributed by atoms with E-state index in [2.05, 4.69) is 9.97 Å². The number of nitrogens with zero attached hydrogens (tertiary/aromatic N) is 1. The monoisotopic (exact) mass is 190 g/mol. The van der Waals surface area contributed by atoms with Crippen LogP contribution in [0.3, 0.4) is 0 Å². The molecular formula is C11H14N2O. The van der Waals surface area contributed by atoms with E-state index >= 15 is 0 Å². The first-order valence-electron chi connectivity index (χ1n) is 4.71. The van der Waals surface area contributed by atoms with Gasteiger partial charge >= 0.3 is 0 Å². The van der Waals surface area contributed by atoms with Crippen LogP contribution in [0.2, 0.25) is 0 Å². The fourth-order valence-electron chi connectivity index (χ4n) is 1.15. The molecule has 0 aliphatic carbocycles. The topological polar surface area (TPSA) is 45.8 Å². The first kappa shape index (κ1) is 10.4. The molecule has 2 rings (SSSR count). The van der Waals surface area contributed by atoms with Gasteiger partial charge < -0.3 is 4.98 Å². The van der Waals surface area contributed by atoms with Gasteiger partial charge in [0.25, 0.3) is 5.56 Å². The van der Waals surface area contributed by atoms with Crippen LogP contribution in [-0.2, 0) is 0 Å². The maximum absolute atomic E-state index is 10.9. The summed E-state index contributed by atoms with van der Waals surface area (Å²) in [5, 5.41) is 0. The van der Waals surface area contributed by atoms with E-state index in [1.807, 2.05) is 39.0 Å². The van der Waals surface area contributed by atoms with E-state index in [0.717, 1.165) is 16.6 Å². The smallest absolute Gasteiger partial charge is 0.266 e. The summed E-state index contributed by atoms with van der Waals surface area (Å²) >= 11 is 0. The number of aromatic nitrogens is 2. The maximum Gasteiger partial charge on any atom is 0.266 e. The number of aryl methyl sites for hydroxylation is 1. The lowest BCUT2D eigenvalue weighted by Gasteiger charge is -1.96. The largest absolute Gasteiger partial charge is 0.319 e. The summed E-state index contributed by atoms with van der Waals surface area (Å²) in [5.74, 6) is 0. The van der Waals surface area contributed by atoms with Gasteiger partial charge in [-0.1, -0.05) is 19.9 Å². The summed E-state index contributed by atoms with van der Waals surface area (Å²) in [7, 11) is 0. The Morgan fingerprint density at radius 2 is 2.00 bits per heavy atom. The molecule has 1 N–H and O–H groups in total. The van der Waals surface area contributed by atoms with Crippen molar-refractivity contribution in [3.8, 4) is 0 Å². The molecule has 0 saturated carbocycles. The number of hydrogen-bond donors (Lipinski definition) is 1. The van der Waals surface area contributed by atoms with Crippen LogP contribution >= 0.6 is 0 Å². The van der Waals surface area contributed by atoms with Gasteiger partial charge in [0.1, 0.15) is 0 Å². The van der Waals surface area contributed by atoms with Crippen LogP contribution in [0.15, 0.2) is 29.2 Å². The Balaban J connectivity index is 0.000000461. The highest BCUT2D eigenvalue weighted by Crippen LogP contribution is 2.07. The second kappa shape index (κ2) is 4.56. The van der Waals surface area contributed by atoms with Gasteiger partial charge in [0.2, 0.25) is 0 Å². The van der Waals surface area contributed by atoms with Crippen molar-refractivity contribution in [2.45, 2.75) is 20.8 Å². The van der Waals surface area contributed by atoms with E-state index in [1.54, 1.807) is 0 Å². The number of hydrogen-bond acceptors (Lipinski definition) is 2. The maximum atomic E-state index is 10.9. The Hall–Kier alpha value is -1.64. The zero-order valence-electron chi connectivity index (χ0n) is 8.66. The summed E-state index contributed by atoms with van der Waals surface area (Å²) < 4.78 is 0. The van der Waals surface area contributed by atoms with Gasteiger partial charge in [-0.15, -0.1) is 0 Å². The van der Waals surface area contributed by atoms with Gasteiger partial charge in [-0.25, -0.2) is 4.98 Å². The molecule has 0 bridgehead atoms. The zero-order valence-corrected chi connectivity index (χ0v) is 8.66. The molecule has 0 atom stereocenters. The highest BCUT2D eigenvalue weighted by Gasteiger charge is 1.94. The van der Waals surface area contributed by atoms with Crippen molar-refractivity contribution < 1.29 is 0 Å². The van der Waals surface area contributed by atoms with Crippen LogP contribution in [0.5, 0.6) is 0 Å². The van der Waals surface area contributed by atoms with E-state index in [1.165, 1.54) is 6.20 Å². The van der Waals surface area contributed by atoms with E-state index in [0.29, 0.717) is 0 Å². The Morgan fingerprint density at radius 1 is 1.29 bits per heavy atom. The second-order valence-corrected chi connectivity index (χ2v) is 2.77. The molecule has 0 amide bonds. The lowest BCUT2D eigenvalue weighted by Crippen LogP contribution is -2.04. The van der Waals surface area contributed by atoms with Crippen LogP contribution in [0, 0.1) is 6.92 Å². The van der Waals surface area contributed by atoms with E-state index in [-0.39, 0.29) is 5.56 Å². The molecule has 3 heteroatoms. The third kappa shape index (κ3) is 2.19. The molecule has 74 valence electrons. The average Bonchev–Trinajstić information content (AvgIpc) is 2.21. The predicted octanol–water partition coefficient (Wildman–Crippen LogP) is 2.26. The molecule has 0 aliphatic heterocycles. The number of aromatic amines is 1. The third-order valence-corrected chi connectivity index (χ3v) is 1.73. The minimum absolute atomic E-state index is 0.161. The first-order valence-corrected chi connectivity index (χ1v) is 4.71. The average molecular weight is 190 g/mol. The lowest BCUT2D eigenvalue weighted by molar-refractivity contribution is 1.21. The summed E-state index contributed by atoms with van der Waals surface area (Å²) in [4.78, 5) is 17.5. The van der Waals surface area contributed by atoms with Crippen molar-refractivity contribution in [2.75, 3.05) is 0 Å². The number of rotatable bonds is 0. The Kier molecular flexibility index (Phi) is 3.40. The van der Waals surface area contributed by atoms with E-state index in [9.17, 15) is 4.79 Å². The zero-order chi connectivity index (χ0) is 10.6. The van der Waals surface area contributed by atoms with Crippen molar-refractivity contribution >= 4 is 11.0 Å². The fraction of sp³-hybridized carbons (Fsp3) is 0.273. The lowest BCUT2D eigenvalue weighted by atomic mass is 10.2. The van der Waals surface area contributed by atoms with Crippen molar-refractivity contribution in [1.29, 1.82) is 0 Å². The molecular weight excluding hydrogens is 176 g/mol. The van der Waals surface area contributed by atoms with Gasteiger partial charge in [0.15, 0.2) is 0 Å². The van der Waals surface area contributed by atoms with E-state index in [4.69, 9.17) is 0 Å². The van der Waals surface area contributed by atoms with Crippen LogP contribution < -0.4 is 5.56 Å². The highest BCUT2D eigenvalue weighted by atomic mass is 16.1. The highest BCUT2D eigenvalue weighted by molar-refractivity contribution is 5.74. The quantitative estimate of drug-likeness (QED) is 0.692. The minimum atomic E-state index is -0.161. The van der Waals surface area contributed by atoms with Gasteiger partial charge in [-0.2, -0.15) is 0 Å². The molecule has 0 fully saturated rings. The number of fused-ring (bicyclic) bond motifs is 1. The fourth-order valence-corrected chi connectivity index (χ4v) is 1.15. The summed E-state index contributed by atoms with van der Waals surface area (Å²) in [6, 6.07) is 5.74. The summed E-state index contributed by atoms with van der Waals surface area (Å²) in [5.41, 5.74) is 2.59. The Labute approximate surface area is 82.8 Å². The van der Waals surface area contributed by atoms with Gasteiger partial charge in [-0.3, -0.25) is 4.79 Å². The van der Waals surface area contributed by atoms with Crippen LogP contribution in [-0.4, -0.2) is 9.97 Å².